The van der Waals surface area contributed by atoms with Crippen molar-refractivity contribution in [3.63, 3.8) is 0 Å². The summed E-state index contributed by atoms with van der Waals surface area (Å²) in [6, 6.07) is 21.0. The van der Waals surface area contributed by atoms with Crippen molar-refractivity contribution in [2.45, 2.75) is 56.3 Å². The van der Waals surface area contributed by atoms with E-state index in [9.17, 15) is 24.8 Å². The molecule has 0 amide bonds. The minimum absolute atomic E-state index is 0.0863. The summed E-state index contributed by atoms with van der Waals surface area (Å²) in [4.78, 5) is 17.1. The molecule has 0 saturated carbocycles. The average Bonchev–Trinajstić information content (AvgIpc) is 3.57. The monoisotopic (exact) mass is 636 g/mol. The van der Waals surface area contributed by atoms with Gasteiger partial charge in [0.25, 0.3) is 0 Å². The number of nitrogen functional groups attached to an aromatic ring is 1. The van der Waals surface area contributed by atoms with Gasteiger partial charge in [0.1, 0.15) is 48.0 Å². The van der Waals surface area contributed by atoms with Crippen LogP contribution in [0.5, 0.6) is 5.75 Å². The number of carbonyl (C=O) groups excluding carboxylic acids is 1. The topological polar surface area (TPSA) is 204 Å². The molecule has 3 heterocycles. The molecule has 0 spiro atoms. The lowest BCUT2D eigenvalue weighted by atomic mass is 9.92. The Balaban J connectivity index is 1.42. The summed E-state index contributed by atoms with van der Waals surface area (Å²) >= 11 is 0. The van der Waals surface area contributed by atoms with E-state index in [1.54, 1.807) is 74.5 Å². The van der Waals surface area contributed by atoms with Crippen LogP contribution in [0.15, 0.2) is 79.1 Å². The van der Waals surface area contributed by atoms with Crippen LogP contribution in [0.3, 0.4) is 0 Å². The Morgan fingerprint density at radius 3 is 2.51 bits per heavy atom. The van der Waals surface area contributed by atoms with E-state index in [1.165, 1.54) is 16.9 Å². The lowest BCUT2D eigenvalue weighted by Crippen LogP contribution is -2.41. The van der Waals surface area contributed by atoms with Gasteiger partial charge in [-0.25, -0.2) is 14.1 Å². The number of hydrogen-bond acceptors (Lipinski definition) is 12. The number of para-hydroxylation sites is 1. The zero-order valence-electron chi connectivity index (χ0n) is 24.5. The number of ether oxygens (including phenoxy) is 2. The fourth-order valence-electron chi connectivity index (χ4n) is 4.97. The first-order chi connectivity index (χ1) is 21.5. The molecule has 45 heavy (non-hydrogen) atoms. The number of benzene rings is 2. The number of carbonyl (C=O) groups is 1. The van der Waals surface area contributed by atoms with Crippen molar-refractivity contribution in [1.29, 1.82) is 5.26 Å². The molecule has 6 atom stereocenters. The normalized spacial score (nSPS) is 23.3. The van der Waals surface area contributed by atoms with Crippen LogP contribution < -0.4 is 15.3 Å². The molecular weight excluding hydrogens is 603 g/mol. The minimum atomic E-state index is -4.44. The van der Waals surface area contributed by atoms with Gasteiger partial charge in [-0.15, -0.1) is 0 Å². The third-order valence-electron chi connectivity index (χ3n) is 7.10. The van der Waals surface area contributed by atoms with Crippen molar-refractivity contribution >= 4 is 25.1 Å². The summed E-state index contributed by atoms with van der Waals surface area (Å²) in [5.74, 6) is -0.393. The summed E-state index contributed by atoms with van der Waals surface area (Å²) in [5.41, 5.74) is 5.02. The van der Waals surface area contributed by atoms with Crippen molar-refractivity contribution in [1.82, 2.24) is 19.7 Å². The molecule has 15 heteroatoms. The summed E-state index contributed by atoms with van der Waals surface area (Å²) in [7, 11) is -4.44. The molecule has 1 saturated heterocycles. The van der Waals surface area contributed by atoms with Crippen LogP contribution >= 0.6 is 7.75 Å². The molecule has 2 aromatic carbocycles. The third kappa shape index (κ3) is 6.84. The molecule has 14 nitrogen and oxygen atoms in total. The van der Waals surface area contributed by atoms with Gasteiger partial charge in [-0.05, 0) is 50.1 Å². The first kappa shape index (κ1) is 32.1. The maximum atomic E-state index is 14.3. The first-order valence-electron chi connectivity index (χ1n) is 14.1. The highest BCUT2D eigenvalue weighted by Gasteiger charge is 2.58. The van der Waals surface area contributed by atoms with E-state index < -0.39 is 56.4 Å². The Morgan fingerprint density at radius 1 is 1.16 bits per heavy atom. The molecule has 1 aliphatic rings. The second kappa shape index (κ2) is 13.3. The molecule has 2 unspecified atom stereocenters. The van der Waals surface area contributed by atoms with Gasteiger partial charge in [0, 0.05) is 0 Å². The first-order valence-corrected chi connectivity index (χ1v) is 15.6. The maximum absolute atomic E-state index is 14.3. The number of nitrogens with zero attached hydrogens (tertiary/aromatic N) is 4. The van der Waals surface area contributed by atoms with Gasteiger partial charge < -0.3 is 29.9 Å². The van der Waals surface area contributed by atoms with E-state index in [1.807, 2.05) is 12.1 Å². The standard InChI is InChI=1S/C30H33N6O8P/c1-19(2)42-29(39)22(15-20-9-5-3-6-10-20)35-45(40,44-21-11-7-4-8-12-21)41-16-24-26(37)27(38)30(17-31,43-24)25-14-13-23-28(32)33-18-34-36(23)25/h3-14,18-19,22,24,26-27,37-38H,15-16H2,1-2H3,(H,35,40)(H2,32,33,34)/t22-,24?,26+,27+,30-,45?/m0/s1. The molecule has 4 aromatic rings. The fraction of sp³-hybridized carbons (Fsp3) is 0.333. The van der Waals surface area contributed by atoms with Crippen molar-refractivity contribution < 1.29 is 38.1 Å². The van der Waals surface area contributed by atoms with E-state index in [0.717, 1.165) is 5.56 Å². The van der Waals surface area contributed by atoms with Crippen LogP contribution in [0, 0.1) is 11.3 Å². The van der Waals surface area contributed by atoms with Crippen molar-refractivity contribution in [2.75, 3.05) is 12.3 Å². The van der Waals surface area contributed by atoms with Crippen LogP contribution in [-0.2, 0) is 35.4 Å². The number of nitriles is 1. The van der Waals surface area contributed by atoms with Crippen LogP contribution in [0.2, 0.25) is 0 Å². The lowest BCUT2D eigenvalue weighted by Gasteiger charge is -2.27. The number of anilines is 1. The van der Waals surface area contributed by atoms with Gasteiger partial charge in [0.15, 0.2) is 5.82 Å². The van der Waals surface area contributed by atoms with E-state index in [0.29, 0.717) is 5.52 Å². The van der Waals surface area contributed by atoms with Crippen LogP contribution in [0.25, 0.3) is 5.52 Å². The number of aliphatic hydroxyl groups is 2. The fourth-order valence-corrected chi connectivity index (χ4v) is 6.47. The Labute approximate surface area is 258 Å². The number of hydrogen-bond donors (Lipinski definition) is 4. The predicted molar refractivity (Wildman–Crippen MR) is 161 cm³/mol. The van der Waals surface area contributed by atoms with Crippen molar-refractivity contribution in [3.8, 4) is 11.8 Å². The van der Waals surface area contributed by atoms with Gasteiger partial charge in [-0.1, -0.05) is 48.5 Å². The Kier molecular flexibility index (Phi) is 9.50. The van der Waals surface area contributed by atoms with Gasteiger partial charge in [-0.2, -0.15) is 15.4 Å². The highest BCUT2D eigenvalue weighted by atomic mass is 31.2. The Bertz CT molecular complexity index is 1720. The highest BCUT2D eigenvalue weighted by Crippen LogP contribution is 2.47. The average molecular weight is 637 g/mol. The predicted octanol–water partition coefficient (Wildman–Crippen LogP) is 2.51. The number of nitrogens with one attached hydrogen (secondary N) is 1. The van der Waals surface area contributed by atoms with E-state index >= 15 is 0 Å². The molecule has 0 bridgehead atoms. The van der Waals surface area contributed by atoms with Crippen LogP contribution in [0.4, 0.5) is 5.82 Å². The summed E-state index contributed by atoms with van der Waals surface area (Å²) in [5, 5.41) is 39.1. The van der Waals surface area contributed by atoms with E-state index in [-0.39, 0.29) is 23.7 Å². The lowest BCUT2D eigenvalue weighted by molar-refractivity contribution is -0.149. The smallest absolute Gasteiger partial charge is 0.459 e. The number of nitrogens with two attached hydrogens (primary N) is 1. The number of rotatable bonds is 12. The van der Waals surface area contributed by atoms with Crippen molar-refractivity contribution in [3.05, 3.63) is 90.4 Å². The molecule has 1 aliphatic heterocycles. The van der Waals surface area contributed by atoms with E-state index in [2.05, 4.69) is 15.2 Å². The molecule has 2 aromatic heterocycles. The second-order valence-corrected chi connectivity index (χ2v) is 12.3. The molecule has 1 fully saturated rings. The largest absolute Gasteiger partial charge is 0.462 e. The second-order valence-electron chi connectivity index (χ2n) is 10.7. The zero-order valence-corrected chi connectivity index (χ0v) is 25.4. The number of fused-ring (bicyclic) bond motifs is 1. The molecule has 5 rings (SSSR count). The molecule has 0 aliphatic carbocycles. The summed E-state index contributed by atoms with van der Waals surface area (Å²) in [6.45, 7) is 2.76. The van der Waals surface area contributed by atoms with Gasteiger partial charge in [-0.3, -0.25) is 9.32 Å². The SMILES string of the molecule is CC(C)OC(=O)[C@H](Cc1ccccc1)NP(=O)(OCC1O[C@@](C#N)(c2ccc3c(N)ncnn23)[C@H](O)[C@@H]1O)Oc1ccccc1. The maximum Gasteiger partial charge on any atom is 0.459 e. The number of esters is 1. The number of aliphatic hydroxyl groups excluding tert-OH is 2. The molecule has 236 valence electrons. The molecule has 5 N–H and O–H groups in total. The van der Waals surface area contributed by atoms with Gasteiger partial charge >= 0.3 is 13.7 Å². The quantitative estimate of drug-likeness (QED) is 0.131. The van der Waals surface area contributed by atoms with Crippen LogP contribution in [-0.4, -0.2) is 67.8 Å². The van der Waals surface area contributed by atoms with E-state index in [4.69, 9.17) is 24.3 Å². The van der Waals surface area contributed by atoms with Crippen LogP contribution in [0.1, 0.15) is 25.1 Å². The molecule has 0 radical (unpaired) electrons. The Morgan fingerprint density at radius 2 is 1.84 bits per heavy atom. The third-order valence-corrected chi connectivity index (χ3v) is 8.67. The van der Waals surface area contributed by atoms with Gasteiger partial charge in [0.2, 0.25) is 5.60 Å². The Hall–Kier alpha value is -4.35. The van der Waals surface area contributed by atoms with Crippen molar-refractivity contribution in [2.24, 2.45) is 0 Å². The number of aromatic nitrogens is 3. The molecular formula is C30H33N6O8P. The zero-order chi connectivity index (χ0) is 32.2. The summed E-state index contributed by atoms with van der Waals surface area (Å²) < 4.78 is 38.6. The highest BCUT2D eigenvalue weighted by molar-refractivity contribution is 7.52. The van der Waals surface area contributed by atoms with Gasteiger partial charge in [0.05, 0.1) is 18.4 Å². The minimum Gasteiger partial charge on any atom is -0.462 e. The summed E-state index contributed by atoms with van der Waals surface area (Å²) in [6.07, 6.45) is -3.99.